The van der Waals surface area contributed by atoms with Crippen molar-refractivity contribution in [3.8, 4) is 5.75 Å². The van der Waals surface area contributed by atoms with Gasteiger partial charge < -0.3 is 19.7 Å². The average Bonchev–Trinajstić information content (AvgIpc) is 2.50. The van der Waals surface area contributed by atoms with Crippen LogP contribution in [-0.2, 0) is 9.53 Å². The Labute approximate surface area is 143 Å². The maximum atomic E-state index is 12.7. The van der Waals surface area contributed by atoms with Crippen molar-refractivity contribution in [3.05, 3.63) is 23.8 Å². The lowest BCUT2D eigenvalue weighted by molar-refractivity contribution is -0.132. The molecule has 1 heterocycles. The number of rotatable bonds is 6. The van der Waals surface area contributed by atoms with Crippen molar-refractivity contribution in [2.24, 2.45) is 0 Å². The number of fused-ring (bicyclic) bond motifs is 1. The zero-order chi connectivity index (χ0) is 17.9. The summed E-state index contributed by atoms with van der Waals surface area (Å²) in [5, 5.41) is 2.86. The minimum atomic E-state index is -0.929. The van der Waals surface area contributed by atoms with Gasteiger partial charge in [-0.2, -0.15) is 0 Å². The number of hydrogen-bond donors (Lipinski definition) is 1. The molecule has 0 saturated carbocycles. The summed E-state index contributed by atoms with van der Waals surface area (Å²) in [4.78, 5) is 26.6. The maximum absolute atomic E-state index is 12.7. The molecule has 2 rings (SSSR count). The van der Waals surface area contributed by atoms with Crippen LogP contribution in [0.15, 0.2) is 18.2 Å². The standard InChI is InChI=1S/C18H26N2O4/c1-12(2)19-16(21)13-7-8-15-14(11-13)20(9-6-10-23-5)17(22)18(3,4)24-15/h7-8,11-12H,6,9-10H2,1-5H3,(H,19,21). The molecule has 0 bridgehead atoms. The molecular formula is C18H26N2O4. The highest BCUT2D eigenvalue weighted by Gasteiger charge is 2.40. The van der Waals surface area contributed by atoms with Gasteiger partial charge in [0, 0.05) is 31.9 Å². The van der Waals surface area contributed by atoms with Gasteiger partial charge in [-0.15, -0.1) is 0 Å². The minimum absolute atomic E-state index is 0.0446. The Morgan fingerprint density at radius 3 is 2.71 bits per heavy atom. The topological polar surface area (TPSA) is 67.9 Å². The predicted molar refractivity (Wildman–Crippen MR) is 92.6 cm³/mol. The Hall–Kier alpha value is -2.08. The van der Waals surface area contributed by atoms with E-state index in [1.807, 2.05) is 13.8 Å². The van der Waals surface area contributed by atoms with Gasteiger partial charge >= 0.3 is 0 Å². The van der Waals surface area contributed by atoms with E-state index in [0.717, 1.165) is 0 Å². The highest BCUT2D eigenvalue weighted by atomic mass is 16.5. The number of benzene rings is 1. The van der Waals surface area contributed by atoms with Crippen molar-refractivity contribution in [1.29, 1.82) is 0 Å². The van der Waals surface area contributed by atoms with Gasteiger partial charge in [-0.25, -0.2) is 0 Å². The van der Waals surface area contributed by atoms with Crippen LogP contribution < -0.4 is 15.0 Å². The molecule has 24 heavy (non-hydrogen) atoms. The molecule has 2 amide bonds. The summed E-state index contributed by atoms with van der Waals surface area (Å²) in [6, 6.07) is 5.23. The van der Waals surface area contributed by atoms with Gasteiger partial charge in [0.1, 0.15) is 5.75 Å². The van der Waals surface area contributed by atoms with E-state index in [1.165, 1.54) is 0 Å². The van der Waals surface area contributed by atoms with Gasteiger partial charge in [0.05, 0.1) is 5.69 Å². The lowest BCUT2D eigenvalue weighted by atomic mass is 10.0. The van der Waals surface area contributed by atoms with Crippen molar-refractivity contribution in [2.45, 2.75) is 45.8 Å². The number of amides is 2. The largest absolute Gasteiger partial charge is 0.476 e. The Morgan fingerprint density at radius 1 is 1.38 bits per heavy atom. The molecule has 1 aliphatic rings. The van der Waals surface area contributed by atoms with Crippen LogP contribution >= 0.6 is 0 Å². The van der Waals surface area contributed by atoms with E-state index in [1.54, 1.807) is 44.1 Å². The van der Waals surface area contributed by atoms with Gasteiger partial charge in [-0.3, -0.25) is 9.59 Å². The molecule has 0 atom stereocenters. The maximum Gasteiger partial charge on any atom is 0.270 e. The molecule has 0 aromatic heterocycles. The lowest BCUT2D eigenvalue weighted by Gasteiger charge is -2.39. The first-order valence-electron chi connectivity index (χ1n) is 8.21. The van der Waals surface area contributed by atoms with Gasteiger partial charge in [-0.05, 0) is 52.3 Å². The first-order chi connectivity index (χ1) is 11.3. The van der Waals surface area contributed by atoms with Crippen LogP contribution in [0.3, 0.4) is 0 Å². The Kier molecular flexibility index (Phi) is 5.49. The molecule has 0 saturated heterocycles. The number of anilines is 1. The smallest absolute Gasteiger partial charge is 0.270 e. The predicted octanol–water partition coefficient (Wildman–Crippen LogP) is 2.37. The Bertz CT molecular complexity index is 625. The molecule has 132 valence electrons. The number of hydrogen-bond acceptors (Lipinski definition) is 4. The lowest BCUT2D eigenvalue weighted by Crippen LogP contribution is -2.53. The SMILES string of the molecule is COCCCN1C(=O)C(C)(C)Oc2ccc(C(=O)NC(C)C)cc21. The molecule has 0 aliphatic carbocycles. The first kappa shape index (κ1) is 18.3. The number of carbonyl (C=O) groups excluding carboxylic acids is 2. The highest BCUT2D eigenvalue weighted by molar-refractivity contribution is 6.04. The molecule has 1 aromatic carbocycles. The normalized spacial score (nSPS) is 15.9. The molecule has 1 N–H and O–H groups in total. The van der Waals surface area contributed by atoms with E-state index in [-0.39, 0.29) is 17.9 Å². The van der Waals surface area contributed by atoms with E-state index in [4.69, 9.17) is 9.47 Å². The monoisotopic (exact) mass is 334 g/mol. The molecule has 1 aliphatic heterocycles. The van der Waals surface area contributed by atoms with Crippen molar-refractivity contribution in [3.63, 3.8) is 0 Å². The summed E-state index contributed by atoms with van der Waals surface area (Å²) in [6.07, 6.45) is 0.709. The van der Waals surface area contributed by atoms with Crippen molar-refractivity contribution >= 4 is 17.5 Å². The van der Waals surface area contributed by atoms with Crippen LogP contribution in [0, 0.1) is 0 Å². The fraction of sp³-hybridized carbons (Fsp3) is 0.556. The summed E-state index contributed by atoms with van der Waals surface area (Å²) in [5.41, 5.74) is 0.212. The minimum Gasteiger partial charge on any atom is -0.476 e. The van der Waals surface area contributed by atoms with Gasteiger partial charge in [-0.1, -0.05) is 0 Å². The van der Waals surface area contributed by atoms with Crippen molar-refractivity contribution in [1.82, 2.24) is 5.32 Å². The van der Waals surface area contributed by atoms with E-state index in [9.17, 15) is 9.59 Å². The van der Waals surface area contributed by atoms with Gasteiger partial charge in [0.2, 0.25) is 0 Å². The molecular weight excluding hydrogens is 308 g/mol. The van der Waals surface area contributed by atoms with E-state index in [2.05, 4.69) is 5.32 Å². The van der Waals surface area contributed by atoms with E-state index < -0.39 is 5.60 Å². The third-order valence-electron chi connectivity index (χ3n) is 3.79. The molecule has 0 fully saturated rings. The second-order valence-electron chi connectivity index (χ2n) is 6.73. The average molecular weight is 334 g/mol. The Morgan fingerprint density at radius 2 is 2.08 bits per heavy atom. The fourth-order valence-electron chi connectivity index (χ4n) is 2.64. The zero-order valence-corrected chi connectivity index (χ0v) is 15.0. The second-order valence-corrected chi connectivity index (χ2v) is 6.73. The van der Waals surface area contributed by atoms with Crippen LogP contribution in [0.5, 0.6) is 5.75 Å². The third-order valence-corrected chi connectivity index (χ3v) is 3.79. The Balaban J connectivity index is 2.35. The summed E-state index contributed by atoms with van der Waals surface area (Å²) >= 11 is 0. The molecule has 6 nitrogen and oxygen atoms in total. The molecule has 0 radical (unpaired) electrons. The van der Waals surface area contributed by atoms with Crippen LogP contribution in [0.2, 0.25) is 0 Å². The quantitative estimate of drug-likeness (QED) is 0.811. The number of carbonyl (C=O) groups is 2. The van der Waals surface area contributed by atoms with Gasteiger partial charge in [0.15, 0.2) is 5.60 Å². The number of ether oxygens (including phenoxy) is 2. The van der Waals surface area contributed by atoms with Crippen molar-refractivity contribution in [2.75, 3.05) is 25.2 Å². The fourth-order valence-corrected chi connectivity index (χ4v) is 2.64. The highest BCUT2D eigenvalue weighted by Crippen LogP contribution is 2.38. The van der Waals surface area contributed by atoms with Crippen LogP contribution in [0.1, 0.15) is 44.5 Å². The number of nitrogens with one attached hydrogen (secondary N) is 1. The number of nitrogens with zero attached hydrogens (tertiary/aromatic N) is 1. The number of methoxy groups -OCH3 is 1. The van der Waals surface area contributed by atoms with Crippen LogP contribution in [0.25, 0.3) is 0 Å². The summed E-state index contributed by atoms with van der Waals surface area (Å²) < 4.78 is 10.9. The molecule has 0 spiro atoms. The third kappa shape index (κ3) is 3.87. The van der Waals surface area contributed by atoms with Crippen LogP contribution in [-0.4, -0.2) is 43.7 Å². The van der Waals surface area contributed by atoms with Crippen molar-refractivity contribution < 1.29 is 19.1 Å². The second kappa shape index (κ2) is 7.21. The first-order valence-corrected chi connectivity index (χ1v) is 8.21. The summed E-state index contributed by atoms with van der Waals surface area (Å²) in [5.74, 6) is 0.326. The van der Waals surface area contributed by atoms with E-state index >= 15 is 0 Å². The molecule has 0 unspecified atom stereocenters. The summed E-state index contributed by atoms with van der Waals surface area (Å²) in [6.45, 7) is 8.39. The van der Waals surface area contributed by atoms with Gasteiger partial charge in [0.25, 0.3) is 11.8 Å². The molecule has 1 aromatic rings. The summed E-state index contributed by atoms with van der Waals surface area (Å²) in [7, 11) is 1.63. The van der Waals surface area contributed by atoms with Crippen LogP contribution in [0.4, 0.5) is 5.69 Å². The molecule has 6 heteroatoms. The van der Waals surface area contributed by atoms with E-state index in [0.29, 0.717) is 36.6 Å². The zero-order valence-electron chi connectivity index (χ0n) is 15.0.